The Kier molecular flexibility index (Phi) is 4.54. The van der Waals surface area contributed by atoms with Gasteiger partial charge >= 0.3 is 0 Å². The monoisotopic (exact) mass is 388 g/mol. The number of fused-ring (bicyclic) bond motifs is 1. The van der Waals surface area contributed by atoms with Crippen LogP contribution in [0.4, 0.5) is 5.69 Å². The van der Waals surface area contributed by atoms with Gasteiger partial charge in [-0.25, -0.2) is 0 Å². The van der Waals surface area contributed by atoms with Crippen molar-refractivity contribution in [2.24, 2.45) is 5.92 Å². The zero-order valence-corrected chi connectivity index (χ0v) is 15.9. The summed E-state index contributed by atoms with van der Waals surface area (Å²) in [5.74, 6) is 1.74. The van der Waals surface area contributed by atoms with E-state index in [2.05, 4.69) is 58.0 Å². The average molecular weight is 389 g/mol. The summed E-state index contributed by atoms with van der Waals surface area (Å²) < 4.78 is 8.46. The molecule has 5 heteroatoms. The van der Waals surface area contributed by atoms with Crippen LogP contribution in [0, 0.1) is 19.8 Å². The van der Waals surface area contributed by atoms with E-state index in [9.17, 15) is 4.79 Å². The second-order valence-electron chi connectivity index (χ2n) is 6.49. The quantitative estimate of drug-likeness (QED) is 0.639. The minimum absolute atomic E-state index is 0.169. The summed E-state index contributed by atoms with van der Waals surface area (Å²) in [6.45, 7) is 9.01. The van der Waals surface area contributed by atoms with E-state index in [1.807, 2.05) is 19.1 Å². The fourth-order valence-electron chi connectivity index (χ4n) is 2.94. The molecule has 2 heterocycles. The van der Waals surface area contributed by atoms with E-state index in [0.717, 1.165) is 17.6 Å². The van der Waals surface area contributed by atoms with Crippen LogP contribution in [0.5, 0.6) is 0 Å². The Hall–Kier alpha value is -2.01. The van der Waals surface area contributed by atoms with Gasteiger partial charge in [0.15, 0.2) is 0 Å². The molecule has 0 unspecified atom stereocenters. The first kappa shape index (κ1) is 16.8. The predicted molar refractivity (Wildman–Crippen MR) is 101 cm³/mol. The van der Waals surface area contributed by atoms with Gasteiger partial charge in [0, 0.05) is 29.3 Å². The van der Waals surface area contributed by atoms with E-state index >= 15 is 0 Å². The van der Waals surface area contributed by atoms with Gasteiger partial charge in [-0.2, -0.15) is 0 Å². The molecule has 1 N–H and O–H groups in total. The normalized spacial score (nSPS) is 11.4. The fourth-order valence-corrected chi connectivity index (χ4v) is 3.48. The van der Waals surface area contributed by atoms with Crippen molar-refractivity contribution in [3.05, 3.63) is 52.0 Å². The standard InChI is InChI=1S/C19H21BrN2O2/c1-11(2)10-22-8-7-14-9-15(5-6-16(14)22)21-19(23)17-12(3)24-13(4)18(17)20/h5-9,11H,10H2,1-4H3,(H,21,23). The third-order valence-electron chi connectivity index (χ3n) is 4.00. The van der Waals surface area contributed by atoms with Gasteiger partial charge in [-0.05, 0) is 60.0 Å². The van der Waals surface area contributed by atoms with Gasteiger partial charge in [-0.3, -0.25) is 4.79 Å². The van der Waals surface area contributed by atoms with E-state index < -0.39 is 0 Å². The molecular formula is C19H21BrN2O2. The van der Waals surface area contributed by atoms with E-state index in [4.69, 9.17) is 4.42 Å². The number of nitrogens with one attached hydrogen (secondary N) is 1. The number of rotatable bonds is 4. The van der Waals surface area contributed by atoms with Crippen molar-refractivity contribution < 1.29 is 9.21 Å². The highest BCUT2D eigenvalue weighted by atomic mass is 79.9. The molecule has 0 radical (unpaired) electrons. The van der Waals surface area contributed by atoms with E-state index in [-0.39, 0.29) is 5.91 Å². The first-order chi connectivity index (χ1) is 11.4. The second kappa shape index (κ2) is 6.48. The summed E-state index contributed by atoms with van der Waals surface area (Å²) >= 11 is 3.42. The van der Waals surface area contributed by atoms with E-state index in [1.54, 1.807) is 6.92 Å². The number of halogens is 1. The maximum absolute atomic E-state index is 12.5. The summed E-state index contributed by atoms with van der Waals surface area (Å²) in [5.41, 5.74) is 2.50. The smallest absolute Gasteiger partial charge is 0.260 e. The van der Waals surface area contributed by atoms with E-state index in [0.29, 0.717) is 27.5 Å². The number of nitrogens with zero attached hydrogens (tertiary/aromatic N) is 1. The zero-order valence-electron chi connectivity index (χ0n) is 14.3. The summed E-state index contributed by atoms with van der Waals surface area (Å²) in [7, 11) is 0. The highest BCUT2D eigenvalue weighted by Gasteiger charge is 2.20. The fraction of sp³-hybridized carbons (Fsp3) is 0.316. The van der Waals surface area contributed by atoms with Gasteiger partial charge in [0.05, 0.1) is 10.0 Å². The van der Waals surface area contributed by atoms with Crippen molar-refractivity contribution >= 4 is 38.4 Å². The summed E-state index contributed by atoms with van der Waals surface area (Å²) in [4.78, 5) is 12.5. The maximum Gasteiger partial charge on any atom is 0.260 e. The Bertz CT molecular complexity index is 906. The highest BCUT2D eigenvalue weighted by molar-refractivity contribution is 9.10. The van der Waals surface area contributed by atoms with Crippen LogP contribution in [0.2, 0.25) is 0 Å². The summed E-state index contributed by atoms with van der Waals surface area (Å²) in [6, 6.07) is 8.07. The molecule has 0 aliphatic rings. The number of aryl methyl sites for hydroxylation is 2. The minimum Gasteiger partial charge on any atom is -0.465 e. The van der Waals surface area contributed by atoms with Gasteiger partial charge in [-0.1, -0.05) is 13.8 Å². The molecule has 1 amide bonds. The number of amides is 1. The van der Waals surface area contributed by atoms with Gasteiger partial charge in [-0.15, -0.1) is 0 Å². The number of anilines is 1. The Morgan fingerprint density at radius 3 is 2.62 bits per heavy atom. The predicted octanol–water partition coefficient (Wildman–Crippen LogP) is 5.52. The lowest BCUT2D eigenvalue weighted by atomic mass is 10.2. The molecule has 0 spiro atoms. The number of carbonyl (C=O) groups is 1. The number of aromatic nitrogens is 1. The van der Waals surface area contributed by atoms with Crippen LogP contribution >= 0.6 is 15.9 Å². The third kappa shape index (κ3) is 3.13. The SMILES string of the molecule is Cc1oc(C)c(C(=O)Nc2ccc3c(ccn3CC(C)C)c2)c1Br. The molecule has 2 aromatic heterocycles. The number of carbonyl (C=O) groups excluding carboxylic acids is 1. The number of hydrogen-bond donors (Lipinski definition) is 1. The van der Waals surface area contributed by atoms with Crippen molar-refractivity contribution in [2.75, 3.05) is 5.32 Å². The zero-order chi connectivity index (χ0) is 17.4. The van der Waals surface area contributed by atoms with Crippen LogP contribution in [0.3, 0.4) is 0 Å². The van der Waals surface area contributed by atoms with Crippen molar-refractivity contribution in [1.82, 2.24) is 4.57 Å². The number of hydrogen-bond acceptors (Lipinski definition) is 2. The van der Waals surface area contributed by atoms with Gasteiger partial charge in [0.1, 0.15) is 11.5 Å². The summed E-state index contributed by atoms with van der Waals surface area (Å²) in [5, 5.41) is 4.08. The van der Waals surface area contributed by atoms with E-state index in [1.165, 1.54) is 5.52 Å². The van der Waals surface area contributed by atoms with Gasteiger partial charge < -0.3 is 14.3 Å². The number of benzene rings is 1. The molecule has 0 aliphatic heterocycles. The molecule has 1 aromatic carbocycles. The lowest BCUT2D eigenvalue weighted by Gasteiger charge is -2.09. The van der Waals surface area contributed by atoms with Crippen LogP contribution < -0.4 is 5.32 Å². The van der Waals surface area contributed by atoms with Crippen molar-refractivity contribution in [2.45, 2.75) is 34.2 Å². The lowest BCUT2D eigenvalue weighted by Crippen LogP contribution is -2.12. The van der Waals surface area contributed by atoms with Crippen LogP contribution in [0.25, 0.3) is 10.9 Å². The largest absolute Gasteiger partial charge is 0.465 e. The Morgan fingerprint density at radius 2 is 2.00 bits per heavy atom. The topological polar surface area (TPSA) is 47.2 Å². The molecule has 3 aromatic rings. The first-order valence-electron chi connectivity index (χ1n) is 8.02. The maximum atomic E-state index is 12.5. The van der Waals surface area contributed by atoms with Crippen molar-refractivity contribution in [3.8, 4) is 0 Å². The molecule has 4 nitrogen and oxygen atoms in total. The molecular weight excluding hydrogens is 368 g/mol. The molecule has 24 heavy (non-hydrogen) atoms. The first-order valence-corrected chi connectivity index (χ1v) is 8.82. The second-order valence-corrected chi connectivity index (χ2v) is 7.29. The molecule has 0 aliphatic carbocycles. The lowest BCUT2D eigenvalue weighted by molar-refractivity contribution is 0.102. The van der Waals surface area contributed by atoms with Gasteiger partial charge in [0.2, 0.25) is 0 Å². The molecule has 0 atom stereocenters. The minimum atomic E-state index is -0.169. The highest BCUT2D eigenvalue weighted by Crippen LogP contribution is 2.28. The Labute approximate surface area is 150 Å². The van der Waals surface area contributed by atoms with Crippen LogP contribution in [0.1, 0.15) is 35.7 Å². The average Bonchev–Trinajstić information content (AvgIpc) is 2.99. The third-order valence-corrected chi connectivity index (χ3v) is 4.96. The summed E-state index contributed by atoms with van der Waals surface area (Å²) in [6.07, 6.45) is 2.09. The van der Waals surface area contributed by atoms with Crippen molar-refractivity contribution in [3.63, 3.8) is 0 Å². The van der Waals surface area contributed by atoms with Crippen LogP contribution in [-0.2, 0) is 6.54 Å². The Morgan fingerprint density at radius 1 is 1.25 bits per heavy atom. The molecule has 0 saturated carbocycles. The molecule has 3 rings (SSSR count). The van der Waals surface area contributed by atoms with Crippen LogP contribution in [-0.4, -0.2) is 10.5 Å². The molecule has 0 fully saturated rings. The molecule has 0 bridgehead atoms. The number of furan rings is 1. The van der Waals surface area contributed by atoms with Crippen LogP contribution in [0.15, 0.2) is 39.4 Å². The van der Waals surface area contributed by atoms with Gasteiger partial charge in [0.25, 0.3) is 5.91 Å². The molecule has 0 saturated heterocycles. The molecule has 126 valence electrons. The Balaban J connectivity index is 1.86. The van der Waals surface area contributed by atoms with Crippen molar-refractivity contribution in [1.29, 1.82) is 0 Å².